The smallest absolute Gasteiger partial charge is 0.408 e. The van der Waals surface area contributed by atoms with Gasteiger partial charge in [-0.15, -0.1) is 0 Å². The molecule has 1 fully saturated rings. The fraction of sp³-hybridized carbons (Fsp3) is 0.526. The second kappa shape index (κ2) is 10.2. The molecular formula is C19H28ClN3O5. The number of nitrogens with one attached hydrogen (secondary N) is 2. The van der Waals surface area contributed by atoms with Crippen LogP contribution in [0, 0.1) is 0 Å². The highest BCUT2D eigenvalue weighted by Gasteiger charge is 2.26. The summed E-state index contributed by atoms with van der Waals surface area (Å²) in [5.41, 5.74) is 5.15. The van der Waals surface area contributed by atoms with Crippen molar-refractivity contribution in [2.45, 2.75) is 58.2 Å². The third kappa shape index (κ3) is 8.94. The first kappa shape index (κ1) is 23.6. The number of hydrogen-bond donors (Lipinski definition) is 3. The Kier molecular flexibility index (Phi) is 8.56. The number of ether oxygens (including phenoxy) is 2. The third-order valence-electron chi connectivity index (χ3n) is 3.60. The van der Waals surface area contributed by atoms with Crippen LogP contribution in [0.3, 0.4) is 0 Å². The molecule has 0 radical (unpaired) electrons. The standard InChI is InChI=1S/C19H28ClN3O5/c1-6-14(20)13(16(21)24)9-11(2)15(23-18(26)28-19(3,4)5)10-27-17(25)22-12-7-8-12/h6,9,12,15H,1,7-8,10H2,2-5H3,(H2,21,24)(H,22,25)(H,23,26)/b11-9+,14-13-/t15-/m1/s1. The van der Waals surface area contributed by atoms with E-state index in [4.69, 9.17) is 26.8 Å². The van der Waals surface area contributed by atoms with Crippen molar-refractivity contribution < 1.29 is 23.9 Å². The molecule has 0 heterocycles. The first-order chi connectivity index (χ1) is 12.9. The Morgan fingerprint density at radius 3 is 2.36 bits per heavy atom. The number of halogens is 1. The van der Waals surface area contributed by atoms with Gasteiger partial charge in [-0.25, -0.2) is 9.59 Å². The zero-order valence-electron chi connectivity index (χ0n) is 16.6. The fourth-order valence-corrected chi connectivity index (χ4v) is 2.18. The van der Waals surface area contributed by atoms with Crippen molar-refractivity contribution in [3.05, 3.63) is 34.9 Å². The van der Waals surface area contributed by atoms with Gasteiger partial charge in [-0.1, -0.05) is 18.2 Å². The number of alkyl carbamates (subject to hydrolysis) is 2. The monoisotopic (exact) mass is 413 g/mol. The number of carbonyl (C=O) groups excluding carboxylic acids is 3. The van der Waals surface area contributed by atoms with Gasteiger partial charge in [0.15, 0.2) is 0 Å². The molecule has 1 atom stereocenters. The van der Waals surface area contributed by atoms with Gasteiger partial charge in [0, 0.05) is 6.04 Å². The Labute approximate surface area is 170 Å². The Hall–Kier alpha value is -2.48. The Bertz CT molecular complexity index is 690. The summed E-state index contributed by atoms with van der Waals surface area (Å²) in [4.78, 5) is 35.6. The van der Waals surface area contributed by atoms with Crippen molar-refractivity contribution in [2.75, 3.05) is 6.61 Å². The number of nitrogens with two attached hydrogens (primary N) is 1. The zero-order valence-corrected chi connectivity index (χ0v) is 17.4. The van der Waals surface area contributed by atoms with Gasteiger partial charge in [-0.05, 0) is 58.3 Å². The molecule has 1 saturated carbocycles. The molecular weight excluding hydrogens is 386 g/mol. The molecule has 0 spiro atoms. The van der Waals surface area contributed by atoms with Crippen LogP contribution in [0.5, 0.6) is 0 Å². The predicted octanol–water partition coefficient (Wildman–Crippen LogP) is 2.88. The Morgan fingerprint density at radius 2 is 1.89 bits per heavy atom. The van der Waals surface area contributed by atoms with Crippen LogP contribution >= 0.6 is 11.6 Å². The van der Waals surface area contributed by atoms with Crippen LogP contribution in [0.15, 0.2) is 34.9 Å². The summed E-state index contributed by atoms with van der Waals surface area (Å²) in [7, 11) is 0. The summed E-state index contributed by atoms with van der Waals surface area (Å²) in [6.07, 6.45) is 3.25. The van der Waals surface area contributed by atoms with Gasteiger partial charge >= 0.3 is 12.2 Å². The summed E-state index contributed by atoms with van der Waals surface area (Å²) in [5, 5.41) is 5.37. The molecule has 0 aromatic carbocycles. The molecule has 3 amide bonds. The van der Waals surface area contributed by atoms with E-state index in [9.17, 15) is 14.4 Å². The highest BCUT2D eigenvalue weighted by Crippen LogP contribution is 2.19. The first-order valence-corrected chi connectivity index (χ1v) is 9.23. The van der Waals surface area contributed by atoms with Crippen molar-refractivity contribution in [3.8, 4) is 0 Å². The third-order valence-corrected chi connectivity index (χ3v) is 3.95. The maximum absolute atomic E-state index is 12.2. The average molecular weight is 414 g/mol. The fourth-order valence-electron chi connectivity index (χ4n) is 2.03. The van der Waals surface area contributed by atoms with Crippen molar-refractivity contribution in [2.24, 2.45) is 5.73 Å². The van der Waals surface area contributed by atoms with Gasteiger partial charge in [-0.3, -0.25) is 4.79 Å². The number of amides is 3. The molecule has 4 N–H and O–H groups in total. The molecule has 9 heteroatoms. The van der Waals surface area contributed by atoms with Gasteiger partial charge in [0.25, 0.3) is 0 Å². The lowest BCUT2D eigenvalue weighted by molar-refractivity contribution is -0.114. The molecule has 1 rings (SSSR count). The Morgan fingerprint density at radius 1 is 1.29 bits per heavy atom. The molecule has 0 aromatic rings. The molecule has 0 bridgehead atoms. The average Bonchev–Trinajstić information content (AvgIpc) is 3.37. The number of allylic oxidation sites excluding steroid dienone is 2. The van der Waals surface area contributed by atoms with Gasteiger partial charge in [0.05, 0.1) is 16.6 Å². The lowest BCUT2D eigenvalue weighted by Gasteiger charge is -2.24. The minimum Gasteiger partial charge on any atom is -0.447 e. The number of hydrogen-bond acceptors (Lipinski definition) is 5. The van der Waals surface area contributed by atoms with E-state index in [1.165, 1.54) is 12.2 Å². The lowest BCUT2D eigenvalue weighted by Crippen LogP contribution is -2.43. The minimum atomic E-state index is -0.761. The zero-order chi connectivity index (χ0) is 21.5. The van der Waals surface area contributed by atoms with Gasteiger partial charge in [-0.2, -0.15) is 0 Å². The normalized spacial score (nSPS) is 16.4. The van der Waals surface area contributed by atoms with E-state index < -0.39 is 29.7 Å². The molecule has 0 unspecified atom stereocenters. The van der Waals surface area contributed by atoms with E-state index in [1.807, 2.05) is 0 Å². The van der Waals surface area contributed by atoms with E-state index in [-0.39, 0.29) is 23.3 Å². The maximum atomic E-state index is 12.2. The Balaban J connectivity index is 2.96. The van der Waals surface area contributed by atoms with Crippen LogP contribution in [0.25, 0.3) is 0 Å². The molecule has 1 aliphatic rings. The number of rotatable bonds is 8. The van der Waals surface area contributed by atoms with E-state index in [1.54, 1.807) is 27.7 Å². The molecule has 0 saturated heterocycles. The molecule has 0 aliphatic heterocycles. The van der Waals surface area contributed by atoms with Crippen LogP contribution in [0.4, 0.5) is 9.59 Å². The van der Waals surface area contributed by atoms with Crippen molar-refractivity contribution >= 4 is 29.7 Å². The second-order valence-corrected chi connectivity index (χ2v) is 7.84. The molecule has 28 heavy (non-hydrogen) atoms. The minimum absolute atomic E-state index is 0.0209. The molecule has 156 valence electrons. The van der Waals surface area contributed by atoms with Gasteiger partial charge in [0.2, 0.25) is 5.91 Å². The van der Waals surface area contributed by atoms with E-state index >= 15 is 0 Å². The molecule has 0 aromatic heterocycles. The first-order valence-electron chi connectivity index (χ1n) is 8.86. The van der Waals surface area contributed by atoms with Crippen molar-refractivity contribution in [1.29, 1.82) is 0 Å². The quantitative estimate of drug-likeness (QED) is 0.417. The van der Waals surface area contributed by atoms with Crippen LogP contribution in [0.1, 0.15) is 40.5 Å². The van der Waals surface area contributed by atoms with Crippen molar-refractivity contribution in [3.63, 3.8) is 0 Å². The topological polar surface area (TPSA) is 120 Å². The van der Waals surface area contributed by atoms with Crippen molar-refractivity contribution in [1.82, 2.24) is 10.6 Å². The van der Waals surface area contributed by atoms with Crippen LogP contribution in [0.2, 0.25) is 0 Å². The highest BCUT2D eigenvalue weighted by molar-refractivity contribution is 6.33. The van der Waals surface area contributed by atoms with Gasteiger partial charge < -0.3 is 25.8 Å². The summed E-state index contributed by atoms with van der Waals surface area (Å²) in [6, 6.07) is -0.624. The predicted molar refractivity (Wildman–Crippen MR) is 107 cm³/mol. The second-order valence-electron chi connectivity index (χ2n) is 7.43. The summed E-state index contributed by atoms with van der Waals surface area (Å²) < 4.78 is 10.4. The number of primary amides is 1. The highest BCUT2D eigenvalue weighted by atomic mass is 35.5. The van der Waals surface area contributed by atoms with E-state index in [0.29, 0.717) is 5.57 Å². The molecule has 1 aliphatic carbocycles. The summed E-state index contributed by atoms with van der Waals surface area (Å²) in [5.74, 6) is -0.757. The lowest BCUT2D eigenvalue weighted by atomic mass is 10.1. The van der Waals surface area contributed by atoms with E-state index in [2.05, 4.69) is 17.2 Å². The SMILES string of the molecule is C=C/C(Cl)=C(\C=C(/C)[C@@H](COC(=O)NC1CC1)NC(=O)OC(C)(C)C)C(N)=O. The number of carbonyl (C=O) groups is 3. The summed E-state index contributed by atoms with van der Waals surface area (Å²) >= 11 is 5.97. The van der Waals surface area contributed by atoms with Crippen LogP contribution < -0.4 is 16.4 Å². The maximum Gasteiger partial charge on any atom is 0.408 e. The van der Waals surface area contributed by atoms with E-state index in [0.717, 1.165) is 12.8 Å². The summed E-state index contributed by atoms with van der Waals surface area (Å²) in [6.45, 7) is 10.1. The van der Waals surface area contributed by atoms with Crippen LogP contribution in [-0.4, -0.2) is 42.4 Å². The largest absolute Gasteiger partial charge is 0.447 e. The molecule has 8 nitrogen and oxygen atoms in total. The van der Waals surface area contributed by atoms with Crippen LogP contribution in [-0.2, 0) is 14.3 Å². The van der Waals surface area contributed by atoms with Gasteiger partial charge in [0.1, 0.15) is 12.2 Å².